The van der Waals surface area contributed by atoms with Gasteiger partial charge in [0.15, 0.2) is 0 Å². The van der Waals surface area contributed by atoms with Crippen molar-refractivity contribution in [1.29, 1.82) is 0 Å². The lowest BCUT2D eigenvalue weighted by Gasteiger charge is -2.13. The molecule has 0 radical (unpaired) electrons. The highest BCUT2D eigenvalue weighted by Crippen LogP contribution is 2.12. The monoisotopic (exact) mass is 314 g/mol. The van der Waals surface area contributed by atoms with Gasteiger partial charge in [-0.05, 0) is 24.8 Å². The van der Waals surface area contributed by atoms with Crippen LogP contribution in [-0.2, 0) is 16.4 Å². The van der Waals surface area contributed by atoms with Crippen LogP contribution >= 0.6 is 0 Å². The minimum absolute atomic E-state index is 0.207. The average molecular weight is 314 g/mol. The van der Waals surface area contributed by atoms with Crippen molar-refractivity contribution in [3.63, 3.8) is 0 Å². The molecule has 0 unspecified atom stereocenters. The highest BCUT2D eigenvalue weighted by atomic mass is 32.2. The second-order valence-corrected chi connectivity index (χ2v) is 7.79. The Morgan fingerprint density at radius 1 is 1.52 bits per heavy atom. The van der Waals surface area contributed by atoms with Gasteiger partial charge in [0, 0.05) is 25.3 Å². The van der Waals surface area contributed by atoms with E-state index < -0.39 is 10.0 Å². The normalized spacial score (nSPS) is 18.2. The van der Waals surface area contributed by atoms with Gasteiger partial charge in [-0.2, -0.15) is 5.10 Å². The molecule has 118 valence electrons. The third kappa shape index (κ3) is 4.28. The predicted molar refractivity (Wildman–Crippen MR) is 79.4 cm³/mol. The lowest BCUT2D eigenvalue weighted by molar-refractivity contribution is 0.0947. The number of H-pyrrole nitrogens is 1. The van der Waals surface area contributed by atoms with Crippen LogP contribution < -0.4 is 5.32 Å². The summed E-state index contributed by atoms with van der Waals surface area (Å²) in [5.74, 6) is 0.415. The number of aromatic nitrogens is 2. The summed E-state index contributed by atoms with van der Waals surface area (Å²) >= 11 is 0. The van der Waals surface area contributed by atoms with Gasteiger partial charge in [-0.3, -0.25) is 9.89 Å². The lowest BCUT2D eigenvalue weighted by atomic mass is 10.1. The van der Waals surface area contributed by atoms with Crippen molar-refractivity contribution >= 4 is 15.9 Å². The number of hydrogen-bond acceptors (Lipinski definition) is 4. The van der Waals surface area contributed by atoms with Gasteiger partial charge in [-0.25, -0.2) is 12.7 Å². The Labute approximate surface area is 125 Å². The van der Waals surface area contributed by atoms with E-state index in [-0.39, 0.29) is 11.7 Å². The topological polar surface area (TPSA) is 95.2 Å². The van der Waals surface area contributed by atoms with Crippen molar-refractivity contribution < 1.29 is 13.2 Å². The van der Waals surface area contributed by atoms with Gasteiger partial charge in [0.05, 0.1) is 5.75 Å². The fraction of sp³-hybridized carbons (Fsp3) is 0.692. The molecule has 1 aliphatic heterocycles. The molecule has 0 atom stereocenters. The van der Waals surface area contributed by atoms with Crippen LogP contribution in [0.3, 0.4) is 0 Å². The molecule has 21 heavy (non-hydrogen) atoms. The molecule has 1 aromatic heterocycles. The maximum atomic E-state index is 11.9. The predicted octanol–water partition coefficient (Wildman–Crippen LogP) is 0.374. The van der Waals surface area contributed by atoms with Gasteiger partial charge in [0.25, 0.3) is 5.91 Å². The summed E-state index contributed by atoms with van der Waals surface area (Å²) in [4.78, 5) is 11.9. The van der Waals surface area contributed by atoms with Gasteiger partial charge >= 0.3 is 0 Å². The molecule has 1 aromatic rings. The van der Waals surface area contributed by atoms with E-state index in [4.69, 9.17) is 0 Å². The summed E-state index contributed by atoms with van der Waals surface area (Å²) in [5.41, 5.74) is 1.27. The molecular weight excluding hydrogens is 292 g/mol. The van der Waals surface area contributed by atoms with Crippen LogP contribution in [0, 0.1) is 5.92 Å². The highest BCUT2D eigenvalue weighted by molar-refractivity contribution is 7.89. The van der Waals surface area contributed by atoms with Crippen LogP contribution in [0.25, 0.3) is 0 Å². The van der Waals surface area contributed by atoms with Crippen LogP contribution in [0.15, 0.2) is 6.07 Å². The van der Waals surface area contributed by atoms with Gasteiger partial charge in [0.1, 0.15) is 5.69 Å². The Morgan fingerprint density at radius 2 is 2.29 bits per heavy atom. The molecule has 0 bridgehead atoms. The molecule has 2 rings (SSSR count). The van der Waals surface area contributed by atoms with Crippen molar-refractivity contribution in [2.45, 2.75) is 26.7 Å². The van der Waals surface area contributed by atoms with Gasteiger partial charge in [-0.15, -0.1) is 0 Å². The molecule has 7 nitrogen and oxygen atoms in total. The molecule has 1 amide bonds. The van der Waals surface area contributed by atoms with Crippen LogP contribution in [0.1, 0.15) is 36.5 Å². The summed E-state index contributed by atoms with van der Waals surface area (Å²) in [6.07, 6.45) is 1.50. The molecule has 0 aliphatic carbocycles. The number of amides is 1. The van der Waals surface area contributed by atoms with E-state index in [0.29, 0.717) is 37.7 Å². The summed E-state index contributed by atoms with van der Waals surface area (Å²) in [6.45, 7) is 5.34. The highest BCUT2D eigenvalue weighted by Gasteiger charge is 2.27. The minimum Gasteiger partial charge on any atom is -0.349 e. The van der Waals surface area contributed by atoms with Crippen molar-refractivity contribution in [3.05, 3.63) is 17.5 Å². The van der Waals surface area contributed by atoms with Crippen LogP contribution in [0.5, 0.6) is 0 Å². The van der Waals surface area contributed by atoms with Crippen molar-refractivity contribution in [2.75, 3.05) is 25.4 Å². The first kappa shape index (κ1) is 16.0. The molecule has 1 aliphatic rings. The first-order chi connectivity index (χ1) is 9.88. The number of carbonyl (C=O) groups is 1. The number of sulfonamides is 1. The maximum absolute atomic E-state index is 11.9. The molecule has 2 heterocycles. The fourth-order valence-electron chi connectivity index (χ4n) is 2.35. The smallest absolute Gasteiger partial charge is 0.271 e. The first-order valence-corrected chi connectivity index (χ1v) is 8.79. The van der Waals surface area contributed by atoms with Gasteiger partial charge in [0.2, 0.25) is 10.0 Å². The van der Waals surface area contributed by atoms with E-state index in [1.807, 2.05) is 0 Å². The van der Waals surface area contributed by atoms with E-state index in [2.05, 4.69) is 29.4 Å². The van der Waals surface area contributed by atoms with E-state index in [9.17, 15) is 13.2 Å². The Bertz CT molecular complexity index is 594. The quantitative estimate of drug-likeness (QED) is 0.793. The van der Waals surface area contributed by atoms with E-state index >= 15 is 0 Å². The number of nitrogens with one attached hydrogen (secondary N) is 2. The van der Waals surface area contributed by atoms with Gasteiger partial charge in [-0.1, -0.05) is 13.8 Å². The maximum Gasteiger partial charge on any atom is 0.271 e. The first-order valence-electron chi connectivity index (χ1n) is 7.19. The molecule has 8 heteroatoms. The molecule has 0 aromatic carbocycles. The number of rotatable bonds is 6. The zero-order valence-corrected chi connectivity index (χ0v) is 13.2. The number of nitrogens with zero attached hydrogens (tertiary/aromatic N) is 2. The minimum atomic E-state index is -3.10. The number of carbonyl (C=O) groups excluding carboxylic acids is 1. The summed E-state index contributed by atoms with van der Waals surface area (Å²) in [6, 6.07) is 1.74. The zero-order chi connectivity index (χ0) is 15.5. The molecule has 0 saturated carbocycles. The zero-order valence-electron chi connectivity index (χ0n) is 12.4. The molecule has 2 N–H and O–H groups in total. The molecule has 1 saturated heterocycles. The SMILES string of the molecule is CC(C)Cc1cc(C(=O)NCCN2CCCS2(=O)=O)n[nH]1. The molecule has 1 fully saturated rings. The average Bonchev–Trinajstić information content (AvgIpc) is 2.96. The van der Waals surface area contributed by atoms with Crippen LogP contribution in [-0.4, -0.2) is 54.2 Å². The molecule has 0 spiro atoms. The molecular formula is C13H22N4O3S. The summed E-state index contributed by atoms with van der Waals surface area (Å²) in [5, 5.41) is 9.53. The van der Waals surface area contributed by atoms with E-state index in [1.54, 1.807) is 6.07 Å². The lowest BCUT2D eigenvalue weighted by Crippen LogP contribution is -2.36. The van der Waals surface area contributed by atoms with Gasteiger partial charge < -0.3 is 5.32 Å². The van der Waals surface area contributed by atoms with Crippen LogP contribution in [0.4, 0.5) is 0 Å². The standard InChI is InChI=1S/C13H22N4O3S/c1-10(2)8-11-9-12(16-15-11)13(18)14-4-6-17-5-3-7-21(17,19)20/h9-10H,3-8H2,1-2H3,(H,14,18)(H,15,16). The fourth-order valence-corrected chi connectivity index (χ4v) is 3.88. The third-order valence-electron chi connectivity index (χ3n) is 3.34. The van der Waals surface area contributed by atoms with E-state index in [1.165, 1.54) is 4.31 Å². The Hall–Kier alpha value is -1.41. The third-order valence-corrected chi connectivity index (χ3v) is 5.30. The second kappa shape index (κ2) is 6.57. The Balaban J connectivity index is 1.81. The number of hydrogen-bond donors (Lipinski definition) is 2. The van der Waals surface area contributed by atoms with Crippen LogP contribution in [0.2, 0.25) is 0 Å². The largest absolute Gasteiger partial charge is 0.349 e. The van der Waals surface area contributed by atoms with Crippen molar-refractivity contribution in [1.82, 2.24) is 19.8 Å². The second-order valence-electron chi connectivity index (χ2n) is 5.70. The summed E-state index contributed by atoms with van der Waals surface area (Å²) in [7, 11) is -3.10. The van der Waals surface area contributed by atoms with Crippen molar-refractivity contribution in [2.24, 2.45) is 5.92 Å². The van der Waals surface area contributed by atoms with Crippen molar-refractivity contribution in [3.8, 4) is 0 Å². The van der Waals surface area contributed by atoms with E-state index in [0.717, 1.165) is 12.1 Å². The Kier molecular flexibility index (Phi) is 5.00. The Morgan fingerprint density at radius 3 is 2.90 bits per heavy atom. The number of aromatic amines is 1. The summed E-state index contributed by atoms with van der Waals surface area (Å²) < 4.78 is 24.6.